The number of hydrogen-bond acceptors (Lipinski definition) is 3. The number of carbonyl (C=O) groups is 1. The molecule has 1 aliphatic heterocycles. The van der Waals surface area contributed by atoms with Crippen molar-refractivity contribution in [2.24, 2.45) is 0 Å². The van der Waals surface area contributed by atoms with E-state index in [4.69, 9.17) is 9.84 Å². The predicted molar refractivity (Wildman–Crippen MR) is 97.0 cm³/mol. The molecule has 4 nitrogen and oxygen atoms in total. The number of aliphatic hydroxyl groups is 1. The van der Waals surface area contributed by atoms with E-state index < -0.39 is 5.97 Å². The molecule has 136 valence electrons. The fourth-order valence-electron chi connectivity index (χ4n) is 2.72. The maximum atomic E-state index is 10.2. The Hall–Kier alpha value is -1.39. The Morgan fingerprint density at radius 1 is 1.08 bits per heavy atom. The van der Waals surface area contributed by atoms with Crippen molar-refractivity contribution < 1.29 is 19.7 Å². The molecule has 24 heavy (non-hydrogen) atoms. The quantitative estimate of drug-likeness (QED) is 0.213. The summed E-state index contributed by atoms with van der Waals surface area (Å²) in [7, 11) is 0. The summed E-state index contributed by atoms with van der Waals surface area (Å²) >= 11 is 0. The molecule has 0 aromatic rings. The van der Waals surface area contributed by atoms with Crippen LogP contribution in [0.5, 0.6) is 0 Å². The Bertz CT molecular complexity index is 425. The molecule has 0 spiro atoms. The summed E-state index contributed by atoms with van der Waals surface area (Å²) in [6.07, 6.45) is 20.1. The Kier molecular flexibility index (Phi) is 11.2. The van der Waals surface area contributed by atoms with Gasteiger partial charge in [0.1, 0.15) is 6.10 Å². The van der Waals surface area contributed by atoms with Gasteiger partial charge in [-0.15, -0.1) is 0 Å². The van der Waals surface area contributed by atoms with Crippen LogP contribution in [-0.2, 0) is 9.53 Å². The minimum Gasteiger partial charge on any atom is -0.478 e. The van der Waals surface area contributed by atoms with Crippen LogP contribution in [0.15, 0.2) is 36.5 Å². The molecule has 0 aromatic carbocycles. The summed E-state index contributed by atoms with van der Waals surface area (Å²) in [5.41, 5.74) is 0. The van der Waals surface area contributed by atoms with Crippen molar-refractivity contribution in [3.8, 4) is 0 Å². The number of unbranched alkanes of at least 4 members (excludes halogenated alkanes) is 5. The molecule has 1 aliphatic rings. The maximum absolute atomic E-state index is 10.2. The van der Waals surface area contributed by atoms with Crippen molar-refractivity contribution in [2.75, 3.05) is 0 Å². The van der Waals surface area contributed by atoms with Crippen molar-refractivity contribution in [3.63, 3.8) is 0 Å². The summed E-state index contributed by atoms with van der Waals surface area (Å²) in [5.74, 6) is -0.935. The first-order valence-corrected chi connectivity index (χ1v) is 9.21. The van der Waals surface area contributed by atoms with Crippen molar-refractivity contribution >= 4 is 5.97 Å². The predicted octanol–water partition coefficient (Wildman–Crippen LogP) is 4.40. The SMILES string of the molecule is CCCCC[C@@H]1O[C@H]1[C@H](O)CCCCCC=CC=CC=CC(=O)O. The normalized spacial score (nSPS) is 21.9. The van der Waals surface area contributed by atoms with Crippen molar-refractivity contribution in [3.05, 3.63) is 36.5 Å². The molecule has 3 atom stereocenters. The number of allylic oxidation sites excluding steroid dienone is 5. The van der Waals surface area contributed by atoms with Crippen LogP contribution in [0.1, 0.15) is 64.7 Å². The molecular weight excluding hydrogens is 304 g/mol. The summed E-state index contributed by atoms with van der Waals surface area (Å²) in [6.45, 7) is 2.20. The van der Waals surface area contributed by atoms with Crippen LogP contribution in [0.3, 0.4) is 0 Å². The van der Waals surface area contributed by atoms with E-state index in [1.165, 1.54) is 25.3 Å². The molecule has 2 N–H and O–H groups in total. The third-order valence-electron chi connectivity index (χ3n) is 4.17. The first-order chi connectivity index (χ1) is 11.6. The Morgan fingerprint density at radius 3 is 2.62 bits per heavy atom. The first-order valence-electron chi connectivity index (χ1n) is 9.21. The lowest BCUT2D eigenvalue weighted by atomic mass is 10.0. The van der Waals surface area contributed by atoms with E-state index in [-0.39, 0.29) is 12.2 Å². The minimum atomic E-state index is -0.935. The Morgan fingerprint density at radius 2 is 1.88 bits per heavy atom. The van der Waals surface area contributed by atoms with Gasteiger partial charge in [-0.2, -0.15) is 0 Å². The van der Waals surface area contributed by atoms with Gasteiger partial charge in [0.05, 0.1) is 12.2 Å². The van der Waals surface area contributed by atoms with Crippen molar-refractivity contribution in [2.45, 2.75) is 83.0 Å². The molecule has 0 aliphatic carbocycles. The number of aliphatic hydroxyl groups excluding tert-OH is 1. The molecule has 1 heterocycles. The molecule has 0 aromatic heterocycles. The highest BCUT2D eigenvalue weighted by Crippen LogP contribution is 2.32. The lowest BCUT2D eigenvalue weighted by Gasteiger charge is -2.06. The highest BCUT2D eigenvalue weighted by molar-refractivity contribution is 5.80. The molecule has 0 radical (unpaired) electrons. The van der Waals surface area contributed by atoms with E-state index in [1.807, 2.05) is 12.2 Å². The molecule has 0 amide bonds. The third kappa shape index (κ3) is 10.4. The van der Waals surface area contributed by atoms with Gasteiger partial charge in [-0.3, -0.25) is 0 Å². The van der Waals surface area contributed by atoms with E-state index in [2.05, 4.69) is 13.0 Å². The van der Waals surface area contributed by atoms with E-state index in [0.29, 0.717) is 6.10 Å². The van der Waals surface area contributed by atoms with Gasteiger partial charge in [0.2, 0.25) is 0 Å². The van der Waals surface area contributed by atoms with E-state index in [1.54, 1.807) is 6.08 Å². The fourth-order valence-corrected chi connectivity index (χ4v) is 2.72. The van der Waals surface area contributed by atoms with Gasteiger partial charge in [0.15, 0.2) is 0 Å². The molecule has 1 saturated heterocycles. The number of aliphatic carboxylic acids is 1. The second kappa shape index (κ2) is 13.0. The van der Waals surface area contributed by atoms with E-state index >= 15 is 0 Å². The average Bonchev–Trinajstić information content (AvgIpc) is 3.32. The van der Waals surface area contributed by atoms with E-state index in [0.717, 1.165) is 44.6 Å². The topological polar surface area (TPSA) is 70.1 Å². The average molecular weight is 336 g/mol. The molecular formula is C20H32O4. The molecule has 1 fully saturated rings. The second-order valence-electron chi connectivity index (χ2n) is 6.35. The van der Waals surface area contributed by atoms with Gasteiger partial charge in [0.25, 0.3) is 0 Å². The smallest absolute Gasteiger partial charge is 0.328 e. The van der Waals surface area contributed by atoms with Crippen molar-refractivity contribution in [1.82, 2.24) is 0 Å². The number of rotatable bonds is 14. The van der Waals surface area contributed by atoms with Crippen LogP contribution in [-0.4, -0.2) is 34.5 Å². The van der Waals surface area contributed by atoms with Crippen LogP contribution in [0.25, 0.3) is 0 Å². The summed E-state index contributed by atoms with van der Waals surface area (Å²) < 4.78 is 5.57. The van der Waals surface area contributed by atoms with Gasteiger partial charge >= 0.3 is 5.97 Å². The van der Waals surface area contributed by atoms with E-state index in [9.17, 15) is 9.90 Å². The lowest BCUT2D eigenvalue weighted by molar-refractivity contribution is -0.131. The fraction of sp³-hybridized carbons (Fsp3) is 0.650. The van der Waals surface area contributed by atoms with Crippen molar-refractivity contribution in [1.29, 1.82) is 0 Å². The first kappa shape index (κ1) is 20.7. The summed E-state index contributed by atoms with van der Waals surface area (Å²) in [4.78, 5) is 10.2. The van der Waals surface area contributed by atoms with Gasteiger partial charge in [-0.25, -0.2) is 4.79 Å². The Balaban J connectivity index is 1.94. The Labute approximate surface area is 145 Å². The van der Waals surface area contributed by atoms with Crippen LogP contribution >= 0.6 is 0 Å². The third-order valence-corrected chi connectivity index (χ3v) is 4.17. The van der Waals surface area contributed by atoms with Crippen LogP contribution < -0.4 is 0 Å². The minimum absolute atomic E-state index is 0.0887. The highest BCUT2D eigenvalue weighted by atomic mass is 16.6. The second-order valence-corrected chi connectivity index (χ2v) is 6.35. The number of hydrogen-bond donors (Lipinski definition) is 2. The van der Waals surface area contributed by atoms with Gasteiger partial charge < -0.3 is 14.9 Å². The van der Waals surface area contributed by atoms with Crippen LogP contribution in [0.2, 0.25) is 0 Å². The maximum Gasteiger partial charge on any atom is 0.328 e. The number of carboxylic acids is 1. The van der Waals surface area contributed by atoms with Crippen LogP contribution in [0, 0.1) is 0 Å². The summed E-state index contributed by atoms with van der Waals surface area (Å²) in [6, 6.07) is 0. The zero-order chi connectivity index (χ0) is 17.6. The van der Waals surface area contributed by atoms with Gasteiger partial charge in [-0.05, 0) is 25.7 Å². The molecule has 0 bridgehead atoms. The lowest BCUT2D eigenvalue weighted by Crippen LogP contribution is -2.16. The highest BCUT2D eigenvalue weighted by Gasteiger charge is 2.42. The standard InChI is InChI=1S/C20H32O4/c1-2-3-11-15-18-20(24-18)17(21)14-12-9-7-5-4-6-8-10-13-16-19(22)23/h4,6,8,10,13,16-18,20-21H,2-3,5,7,9,11-12,14-15H2,1H3,(H,22,23)/t17-,18+,20+/m1/s1. The monoisotopic (exact) mass is 336 g/mol. The van der Waals surface area contributed by atoms with Gasteiger partial charge in [0, 0.05) is 6.08 Å². The molecule has 1 rings (SSSR count). The number of ether oxygens (including phenoxy) is 1. The molecule has 0 saturated carbocycles. The largest absolute Gasteiger partial charge is 0.478 e. The number of epoxide rings is 1. The number of carboxylic acid groups (broad SMARTS) is 1. The zero-order valence-corrected chi connectivity index (χ0v) is 14.8. The van der Waals surface area contributed by atoms with Crippen LogP contribution in [0.4, 0.5) is 0 Å². The summed E-state index contributed by atoms with van der Waals surface area (Å²) in [5, 5.41) is 18.5. The molecule has 4 heteroatoms. The zero-order valence-electron chi connectivity index (χ0n) is 14.8. The molecule has 0 unspecified atom stereocenters. The van der Waals surface area contributed by atoms with Gasteiger partial charge in [-0.1, -0.05) is 69.4 Å².